The molecule has 0 heterocycles. The van der Waals surface area contributed by atoms with Gasteiger partial charge in [-0.1, -0.05) is 206 Å². The van der Waals surface area contributed by atoms with Crippen molar-refractivity contribution in [1.29, 1.82) is 0 Å². The third-order valence-corrected chi connectivity index (χ3v) is 23.9. The van der Waals surface area contributed by atoms with Gasteiger partial charge in [-0.15, -0.1) is 0 Å². The third kappa shape index (κ3) is 12.3. The molecule has 14 aromatic carbocycles. The Hall–Kier alpha value is -11.1. The van der Waals surface area contributed by atoms with E-state index in [1.54, 1.807) is 7.11 Å². The van der Waals surface area contributed by atoms with Gasteiger partial charge in [0.25, 0.3) is 0 Å². The van der Waals surface area contributed by atoms with Gasteiger partial charge in [0.2, 0.25) is 0 Å². The summed E-state index contributed by atoms with van der Waals surface area (Å²) in [6, 6.07) is 122. The maximum atomic E-state index is 6.31. The lowest BCUT2D eigenvalue weighted by atomic mass is 9.67. The van der Waals surface area contributed by atoms with Crippen molar-refractivity contribution in [3.8, 4) is 44.9 Å². The SMILES string of the molecule is CCOCCOc1ccc(C2(c3ccc(Sc4ccc5c(c4)CC5)cc3)c3ccccc3-c3ccc(N(c4ccccc4)c4ccc(-c5ccc(N(c6ccccc6)c6ccc7c(c6)C(c6ccc(OCCCOC)cc6)(c6ccc(Sc8ccc9c(c8)CC9)cc6)c6ccccc6-7)cc5)cc4)cc32)cc1. The van der Waals surface area contributed by atoms with Gasteiger partial charge in [-0.2, -0.15) is 0 Å². The Morgan fingerprint density at radius 1 is 0.302 bits per heavy atom. The summed E-state index contributed by atoms with van der Waals surface area (Å²) in [5.74, 6) is 1.66. The highest BCUT2D eigenvalue weighted by Crippen LogP contribution is 2.60. The number of fused-ring (bicyclic) bond motifs is 8. The van der Waals surface area contributed by atoms with Gasteiger partial charge in [-0.25, -0.2) is 0 Å². The number of nitrogens with zero attached hydrogens (tertiary/aromatic N) is 2. The summed E-state index contributed by atoms with van der Waals surface area (Å²) in [6.07, 6.45) is 5.50. The van der Waals surface area contributed by atoms with Crippen LogP contribution in [0.15, 0.2) is 347 Å². The number of rotatable bonds is 25. The molecule has 0 bridgehead atoms. The van der Waals surface area contributed by atoms with Crippen LogP contribution in [0.2, 0.25) is 0 Å². The number of aryl methyl sites for hydroxylation is 4. The van der Waals surface area contributed by atoms with Gasteiger partial charge in [0.05, 0.1) is 24.0 Å². The molecule has 0 radical (unpaired) electrons. The Bertz CT molecular complexity index is 5150. The summed E-state index contributed by atoms with van der Waals surface area (Å²) in [5, 5.41) is 0. The van der Waals surface area contributed by atoms with Crippen LogP contribution in [-0.2, 0) is 46.0 Å². The van der Waals surface area contributed by atoms with E-state index in [1.807, 2.05) is 30.4 Å². The maximum Gasteiger partial charge on any atom is 0.119 e. The van der Waals surface area contributed by atoms with Crippen LogP contribution in [0.1, 0.15) is 80.1 Å². The second-order valence-electron chi connectivity index (χ2n) is 27.9. The molecular formula is C98H80N2O4S2. The number of hydrogen-bond donors (Lipinski definition) is 0. The Labute approximate surface area is 630 Å². The lowest BCUT2D eigenvalue weighted by Crippen LogP contribution is -2.28. The van der Waals surface area contributed by atoms with Crippen LogP contribution in [-0.4, -0.2) is 40.1 Å². The largest absolute Gasteiger partial charge is 0.494 e. The molecule has 4 aliphatic carbocycles. The minimum absolute atomic E-state index is 0.486. The molecule has 2 atom stereocenters. The Balaban J connectivity index is 0.695. The van der Waals surface area contributed by atoms with E-state index in [0.29, 0.717) is 33.0 Å². The standard InChI is InChI=1S/C98H80N2O4S2/c1-3-102-61-62-104-84-49-35-74(36-50-84)98(76-39-55-86(56-40-76)106-88-52-32-70-24-26-72(70)64-88)94-22-13-11-20-90(94)92-58-46-82(66-96(92)98)100(78-17-8-5-9-18-78)80-43-29-68(30-44-80)67-27-41-79(42-28-67)99(77-15-6-4-7-16-77)81-45-57-91-89-19-10-12-21-93(89)97(95(91)65-81,73-33-47-83(48-34-73)103-60-14-59-101-2)75-37-53-85(54-38-75)105-87-51-31-69-23-25-71(69)63-87/h4-13,15-22,27-58,63-66H,3,14,23-26,59-62H2,1-2H3. The molecule has 0 amide bonds. The molecule has 4 aliphatic rings. The average Bonchev–Trinajstić information content (AvgIpc) is 1.53. The highest BCUT2D eigenvalue weighted by Gasteiger charge is 2.48. The normalized spacial score (nSPS) is 15.4. The zero-order chi connectivity index (χ0) is 71.0. The van der Waals surface area contributed by atoms with E-state index < -0.39 is 10.8 Å². The number of benzene rings is 14. The summed E-state index contributed by atoms with van der Waals surface area (Å²) < 4.78 is 23.6. The Morgan fingerprint density at radius 3 is 1.08 bits per heavy atom. The zero-order valence-electron chi connectivity index (χ0n) is 59.6. The highest BCUT2D eigenvalue weighted by molar-refractivity contribution is 7.99. The smallest absolute Gasteiger partial charge is 0.119 e. The first-order chi connectivity index (χ1) is 52.4. The lowest BCUT2D eigenvalue weighted by molar-refractivity contribution is 0.110. The molecule has 0 aromatic heterocycles. The first-order valence-corrected chi connectivity index (χ1v) is 38.8. The quantitative estimate of drug-likeness (QED) is 0.0525. The van der Waals surface area contributed by atoms with Crippen molar-refractivity contribution in [2.75, 3.05) is 49.9 Å². The molecule has 8 heteroatoms. The van der Waals surface area contributed by atoms with Crippen molar-refractivity contribution in [1.82, 2.24) is 0 Å². The topological polar surface area (TPSA) is 43.4 Å². The fraction of sp³-hybridized carbons (Fsp3) is 0.143. The van der Waals surface area contributed by atoms with E-state index in [4.69, 9.17) is 18.9 Å². The molecule has 2 unspecified atom stereocenters. The van der Waals surface area contributed by atoms with E-state index in [9.17, 15) is 0 Å². The summed E-state index contributed by atoms with van der Waals surface area (Å²) in [7, 11) is 1.74. The van der Waals surface area contributed by atoms with Gasteiger partial charge in [-0.05, 0) is 278 Å². The average molecular weight is 1410 g/mol. The molecule has 18 rings (SSSR count). The van der Waals surface area contributed by atoms with E-state index in [-0.39, 0.29) is 0 Å². The number of ether oxygens (including phenoxy) is 4. The number of methoxy groups -OCH3 is 1. The maximum absolute atomic E-state index is 6.31. The summed E-state index contributed by atoms with van der Waals surface area (Å²) in [6.45, 7) is 4.93. The van der Waals surface area contributed by atoms with E-state index >= 15 is 0 Å². The molecule has 0 spiro atoms. The highest BCUT2D eigenvalue weighted by atomic mass is 32.2. The predicted molar refractivity (Wildman–Crippen MR) is 436 cm³/mol. The van der Waals surface area contributed by atoms with Gasteiger partial charge in [0.1, 0.15) is 18.1 Å². The van der Waals surface area contributed by atoms with Crippen LogP contribution in [0, 0.1) is 0 Å². The van der Waals surface area contributed by atoms with Crippen molar-refractivity contribution in [3.05, 3.63) is 394 Å². The van der Waals surface area contributed by atoms with Crippen LogP contribution in [0.25, 0.3) is 33.4 Å². The third-order valence-electron chi connectivity index (χ3n) is 22.0. The summed E-state index contributed by atoms with van der Waals surface area (Å²) in [4.78, 5) is 9.81. The second kappa shape index (κ2) is 29.1. The number of hydrogen-bond acceptors (Lipinski definition) is 8. The van der Waals surface area contributed by atoms with Gasteiger partial charge in [-0.3, -0.25) is 0 Å². The summed E-state index contributed by atoms with van der Waals surface area (Å²) in [5.41, 5.74) is 27.9. The fourth-order valence-electron chi connectivity index (χ4n) is 16.7. The van der Waals surface area contributed by atoms with Gasteiger partial charge in [0.15, 0.2) is 0 Å². The van der Waals surface area contributed by atoms with Crippen LogP contribution >= 0.6 is 23.5 Å². The molecule has 14 aromatic rings. The monoisotopic (exact) mass is 1410 g/mol. The van der Waals surface area contributed by atoms with Crippen molar-refractivity contribution in [2.24, 2.45) is 0 Å². The van der Waals surface area contributed by atoms with Crippen molar-refractivity contribution < 1.29 is 18.9 Å². The van der Waals surface area contributed by atoms with Crippen molar-refractivity contribution >= 4 is 57.6 Å². The second-order valence-corrected chi connectivity index (χ2v) is 30.2. The van der Waals surface area contributed by atoms with Gasteiger partial charge in [0, 0.05) is 80.5 Å². The molecule has 0 aliphatic heterocycles. The molecule has 0 fully saturated rings. The lowest BCUT2D eigenvalue weighted by Gasteiger charge is -2.35. The van der Waals surface area contributed by atoms with E-state index in [1.165, 1.54) is 121 Å². The Morgan fingerprint density at radius 2 is 0.670 bits per heavy atom. The molecule has 518 valence electrons. The van der Waals surface area contributed by atoms with Gasteiger partial charge < -0.3 is 28.7 Å². The molecule has 0 saturated heterocycles. The zero-order valence-corrected chi connectivity index (χ0v) is 61.2. The van der Waals surface area contributed by atoms with Crippen molar-refractivity contribution in [2.45, 2.75) is 69.4 Å². The van der Waals surface area contributed by atoms with Crippen LogP contribution in [0.3, 0.4) is 0 Å². The summed E-state index contributed by atoms with van der Waals surface area (Å²) >= 11 is 3.68. The first-order valence-electron chi connectivity index (χ1n) is 37.1. The van der Waals surface area contributed by atoms with Crippen LogP contribution < -0.4 is 19.3 Å². The predicted octanol–water partition coefficient (Wildman–Crippen LogP) is 24.3. The Kier molecular flexibility index (Phi) is 18.3. The minimum atomic E-state index is -0.668. The first kappa shape index (κ1) is 66.8. The van der Waals surface area contributed by atoms with E-state index in [0.717, 1.165) is 76.0 Å². The van der Waals surface area contributed by atoms with E-state index in [2.05, 4.69) is 337 Å². The van der Waals surface area contributed by atoms with Gasteiger partial charge >= 0.3 is 0 Å². The van der Waals surface area contributed by atoms with Crippen molar-refractivity contribution in [3.63, 3.8) is 0 Å². The fourth-order valence-corrected chi connectivity index (χ4v) is 18.5. The molecule has 106 heavy (non-hydrogen) atoms. The molecule has 0 N–H and O–H groups in total. The van der Waals surface area contributed by atoms with Crippen LogP contribution in [0.4, 0.5) is 34.1 Å². The molecular weight excluding hydrogens is 1330 g/mol. The minimum Gasteiger partial charge on any atom is -0.494 e. The van der Waals surface area contributed by atoms with Crippen LogP contribution in [0.5, 0.6) is 11.5 Å². The molecule has 6 nitrogen and oxygen atoms in total. The molecule has 0 saturated carbocycles. The number of anilines is 6. The number of para-hydroxylation sites is 2.